The molecule has 0 heterocycles. The largest absolute Gasteiger partial charge is 0.493 e. The lowest BCUT2D eigenvalue weighted by Gasteiger charge is -2.19. The normalized spacial score (nSPS) is 12.7. The van der Waals surface area contributed by atoms with Gasteiger partial charge >= 0.3 is 0 Å². The van der Waals surface area contributed by atoms with Crippen LogP contribution in [0.5, 0.6) is 23.0 Å². The Hall–Kier alpha value is -2.89. The molecule has 0 aliphatic heterocycles. The minimum Gasteiger partial charge on any atom is -0.493 e. The van der Waals surface area contributed by atoms with E-state index >= 15 is 0 Å². The minimum absolute atomic E-state index is 0.0624. The van der Waals surface area contributed by atoms with E-state index in [0.717, 1.165) is 25.0 Å². The van der Waals surface area contributed by atoms with Crippen molar-refractivity contribution < 1.29 is 23.7 Å². The van der Waals surface area contributed by atoms with Crippen LogP contribution >= 0.6 is 0 Å². The van der Waals surface area contributed by atoms with Crippen LogP contribution in [0.3, 0.4) is 0 Å². The van der Waals surface area contributed by atoms with Crippen molar-refractivity contribution in [3.8, 4) is 23.0 Å². The molecule has 1 aliphatic rings. The summed E-state index contributed by atoms with van der Waals surface area (Å²) in [5.41, 5.74) is 3.10. The zero-order chi connectivity index (χ0) is 19.2. The average molecular weight is 371 g/mol. The standard InChI is InChI=1S/C21H25NO5/c1-24-18-11-15(12-19(25-2)21(18)26-3)22-20(23)13-27-17-10-6-8-14-7-4-5-9-16(14)17/h6,8,10-12H,4-5,7,9,13H2,1-3H3,(H,22,23). The second kappa shape index (κ2) is 8.66. The van der Waals surface area contributed by atoms with Gasteiger partial charge in [0.2, 0.25) is 5.75 Å². The summed E-state index contributed by atoms with van der Waals surface area (Å²) in [4.78, 5) is 12.4. The first-order valence-electron chi connectivity index (χ1n) is 8.99. The molecule has 0 atom stereocenters. The molecule has 1 aliphatic carbocycles. The highest BCUT2D eigenvalue weighted by Gasteiger charge is 2.16. The Morgan fingerprint density at radius 1 is 0.963 bits per heavy atom. The summed E-state index contributed by atoms with van der Waals surface area (Å²) in [6.07, 6.45) is 4.44. The lowest BCUT2D eigenvalue weighted by atomic mass is 9.91. The maximum absolute atomic E-state index is 12.4. The molecular weight excluding hydrogens is 346 g/mol. The number of benzene rings is 2. The van der Waals surface area contributed by atoms with Crippen molar-refractivity contribution in [2.24, 2.45) is 0 Å². The second-order valence-corrected chi connectivity index (χ2v) is 6.35. The number of nitrogens with one attached hydrogen (secondary N) is 1. The number of aryl methyl sites for hydroxylation is 1. The molecule has 1 amide bonds. The number of carbonyl (C=O) groups excluding carboxylic acids is 1. The van der Waals surface area contributed by atoms with Crippen LogP contribution in [0, 0.1) is 0 Å². The number of rotatable bonds is 7. The van der Waals surface area contributed by atoms with Gasteiger partial charge in [0.25, 0.3) is 5.91 Å². The summed E-state index contributed by atoms with van der Waals surface area (Å²) in [5, 5.41) is 2.81. The van der Waals surface area contributed by atoms with E-state index in [4.69, 9.17) is 18.9 Å². The highest BCUT2D eigenvalue weighted by Crippen LogP contribution is 2.40. The van der Waals surface area contributed by atoms with Gasteiger partial charge in [-0.05, 0) is 42.9 Å². The van der Waals surface area contributed by atoms with Crippen LogP contribution < -0.4 is 24.3 Å². The van der Waals surface area contributed by atoms with Gasteiger partial charge in [-0.15, -0.1) is 0 Å². The molecule has 0 aromatic heterocycles. The summed E-state index contributed by atoms with van der Waals surface area (Å²) < 4.78 is 21.7. The van der Waals surface area contributed by atoms with Gasteiger partial charge in [0.1, 0.15) is 5.75 Å². The predicted octanol–water partition coefficient (Wildman–Crippen LogP) is 3.61. The van der Waals surface area contributed by atoms with Crippen molar-refractivity contribution in [2.75, 3.05) is 33.3 Å². The van der Waals surface area contributed by atoms with Crippen LogP contribution in [-0.4, -0.2) is 33.8 Å². The fraction of sp³-hybridized carbons (Fsp3) is 0.381. The molecule has 0 radical (unpaired) electrons. The van der Waals surface area contributed by atoms with Crippen LogP contribution in [0.25, 0.3) is 0 Å². The van der Waals surface area contributed by atoms with Crippen molar-refractivity contribution in [3.63, 3.8) is 0 Å². The van der Waals surface area contributed by atoms with Crippen LogP contribution in [0.15, 0.2) is 30.3 Å². The van der Waals surface area contributed by atoms with E-state index in [1.54, 1.807) is 12.1 Å². The fourth-order valence-corrected chi connectivity index (χ4v) is 3.38. The van der Waals surface area contributed by atoms with E-state index in [9.17, 15) is 4.79 Å². The fourth-order valence-electron chi connectivity index (χ4n) is 3.38. The van der Waals surface area contributed by atoms with Crippen LogP contribution in [0.4, 0.5) is 5.69 Å². The Morgan fingerprint density at radius 2 is 1.67 bits per heavy atom. The lowest BCUT2D eigenvalue weighted by molar-refractivity contribution is -0.118. The Balaban J connectivity index is 1.68. The van der Waals surface area contributed by atoms with Crippen molar-refractivity contribution in [1.29, 1.82) is 0 Å². The van der Waals surface area contributed by atoms with Crippen LogP contribution in [0.1, 0.15) is 24.0 Å². The predicted molar refractivity (Wildman–Crippen MR) is 103 cm³/mol. The van der Waals surface area contributed by atoms with Gasteiger partial charge in [0.15, 0.2) is 18.1 Å². The van der Waals surface area contributed by atoms with Gasteiger partial charge in [0.05, 0.1) is 21.3 Å². The van der Waals surface area contributed by atoms with Crippen molar-refractivity contribution in [2.45, 2.75) is 25.7 Å². The first-order chi connectivity index (χ1) is 13.2. The number of carbonyl (C=O) groups is 1. The van der Waals surface area contributed by atoms with Gasteiger partial charge < -0.3 is 24.3 Å². The van der Waals surface area contributed by atoms with Crippen molar-refractivity contribution in [1.82, 2.24) is 0 Å². The van der Waals surface area contributed by atoms with E-state index in [-0.39, 0.29) is 12.5 Å². The third kappa shape index (κ3) is 4.27. The Bertz CT molecular complexity index is 793. The number of amides is 1. The zero-order valence-electron chi connectivity index (χ0n) is 16.0. The molecule has 0 saturated heterocycles. The Morgan fingerprint density at radius 3 is 2.33 bits per heavy atom. The first-order valence-corrected chi connectivity index (χ1v) is 8.99. The quantitative estimate of drug-likeness (QED) is 0.805. The van der Waals surface area contributed by atoms with Crippen molar-refractivity contribution >= 4 is 11.6 Å². The number of fused-ring (bicyclic) bond motifs is 1. The number of methoxy groups -OCH3 is 3. The molecule has 0 fully saturated rings. The SMILES string of the molecule is COc1cc(NC(=O)COc2cccc3c2CCCC3)cc(OC)c1OC. The highest BCUT2D eigenvalue weighted by atomic mass is 16.5. The number of ether oxygens (including phenoxy) is 4. The highest BCUT2D eigenvalue weighted by molar-refractivity contribution is 5.92. The van der Waals surface area contributed by atoms with Crippen LogP contribution in [0.2, 0.25) is 0 Å². The molecule has 3 rings (SSSR count). The maximum Gasteiger partial charge on any atom is 0.262 e. The summed E-state index contributed by atoms with van der Waals surface area (Å²) in [6.45, 7) is -0.0624. The molecule has 2 aromatic carbocycles. The number of hydrogen-bond acceptors (Lipinski definition) is 5. The summed E-state index contributed by atoms with van der Waals surface area (Å²) >= 11 is 0. The molecule has 144 valence electrons. The van der Waals surface area contributed by atoms with Gasteiger partial charge in [-0.3, -0.25) is 4.79 Å². The number of anilines is 1. The molecule has 6 nitrogen and oxygen atoms in total. The summed E-state index contributed by atoms with van der Waals surface area (Å²) in [6, 6.07) is 9.41. The van der Waals surface area contributed by atoms with Crippen molar-refractivity contribution in [3.05, 3.63) is 41.5 Å². The summed E-state index contributed by atoms with van der Waals surface area (Å²) in [7, 11) is 4.60. The van der Waals surface area contributed by atoms with E-state index in [1.165, 1.54) is 38.9 Å². The zero-order valence-corrected chi connectivity index (χ0v) is 16.0. The monoisotopic (exact) mass is 371 g/mol. The molecule has 6 heteroatoms. The molecule has 0 saturated carbocycles. The van der Waals surface area contributed by atoms with Gasteiger partial charge in [-0.25, -0.2) is 0 Å². The van der Waals surface area contributed by atoms with E-state index in [2.05, 4.69) is 11.4 Å². The topological polar surface area (TPSA) is 66.0 Å². The Labute approximate surface area is 159 Å². The van der Waals surface area contributed by atoms with E-state index in [1.807, 2.05) is 12.1 Å². The maximum atomic E-state index is 12.4. The molecule has 0 bridgehead atoms. The van der Waals surface area contributed by atoms with Crippen LogP contribution in [-0.2, 0) is 17.6 Å². The second-order valence-electron chi connectivity index (χ2n) is 6.35. The van der Waals surface area contributed by atoms with E-state index in [0.29, 0.717) is 22.9 Å². The summed E-state index contributed by atoms with van der Waals surface area (Å²) in [5.74, 6) is 1.98. The molecule has 27 heavy (non-hydrogen) atoms. The third-order valence-electron chi connectivity index (χ3n) is 4.66. The average Bonchev–Trinajstić information content (AvgIpc) is 2.71. The smallest absolute Gasteiger partial charge is 0.262 e. The number of hydrogen-bond donors (Lipinski definition) is 1. The third-order valence-corrected chi connectivity index (χ3v) is 4.66. The lowest BCUT2D eigenvalue weighted by Crippen LogP contribution is -2.21. The van der Waals surface area contributed by atoms with E-state index < -0.39 is 0 Å². The first kappa shape index (κ1) is 18.9. The minimum atomic E-state index is -0.252. The Kier molecular flexibility index (Phi) is 6.06. The van der Waals surface area contributed by atoms with Gasteiger partial charge in [0, 0.05) is 17.8 Å². The molecule has 1 N–H and O–H groups in total. The molecule has 2 aromatic rings. The van der Waals surface area contributed by atoms with Gasteiger partial charge in [-0.1, -0.05) is 12.1 Å². The molecular formula is C21H25NO5. The molecule has 0 spiro atoms. The van der Waals surface area contributed by atoms with Gasteiger partial charge in [-0.2, -0.15) is 0 Å². The molecule has 0 unspecified atom stereocenters.